The van der Waals surface area contributed by atoms with Gasteiger partial charge in [-0.3, -0.25) is 4.79 Å². The average molecular weight is 341 g/mol. The second-order valence-electron chi connectivity index (χ2n) is 6.32. The molecule has 0 heterocycles. The van der Waals surface area contributed by atoms with E-state index in [9.17, 15) is 9.90 Å². The minimum absolute atomic E-state index is 0.0223. The minimum Gasteiger partial charge on any atom is -0.383 e. The van der Waals surface area contributed by atoms with Crippen LogP contribution < -0.4 is 5.32 Å². The molecule has 126 valence electrons. The number of benzene rings is 2. The molecule has 0 radical (unpaired) electrons. The molecule has 3 nitrogen and oxygen atoms in total. The smallest absolute Gasteiger partial charge is 0.230 e. The predicted molar refractivity (Wildman–Crippen MR) is 98.7 cm³/mol. The predicted octanol–water partition coefficient (Wildman–Crippen LogP) is 3.33. The van der Waals surface area contributed by atoms with E-state index in [-0.39, 0.29) is 18.4 Å². The number of thioether (sulfide) groups is 1. The van der Waals surface area contributed by atoms with Crippen molar-refractivity contribution in [3.63, 3.8) is 0 Å². The van der Waals surface area contributed by atoms with Gasteiger partial charge in [0.1, 0.15) is 5.60 Å². The van der Waals surface area contributed by atoms with Gasteiger partial charge in [0, 0.05) is 5.75 Å². The van der Waals surface area contributed by atoms with E-state index in [0.29, 0.717) is 5.75 Å². The van der Waals surface area contributed by atoms with Gasteiger partial charge < -0.3 is 10.4 Å². The molecule has 1 aliphatic carbocycles. The summed E-state index contributed by atoms with van der Waals surface area (Å²) >= 11 is 1.59. The molecule has 0 aromatic heterocycles. The number of hydrogen-bond donors (Lipinski definition) is 2. The molecule has 1 unspecified atom stereocenters. The number of aliphatic hydroxyl groups is 1. The van der Waals surface area contributed by atoms with Crippen LogP contribution in [0.15, 0.2) is 60.7 Å². The van der Waals surface area contributed by atoms with Crippen molar-refractivity contribution in [2.24, 2.45) is 5.92 Å². The van der Waals surface area contributed by atoms with Gasteiger partial charge in [-0.2, -0.15) is 0 Å². The fraction of sp³-hybridized carbons (Fsp3) is 0.350. The molecule has 1 aliphatic rings. The Morgan fingerprint density at radius 3 is 2.33 bits per heavy atom. The first kappa shape index (κ1) is 17.1. The monoisotopic (exact) mass is 341 g/mol. The first-order valence-electron chi connectivity index (χ1n) is 8.35. The largest absolute Gasteiger partial charge is 0.383 e. The van der Waals surface area contributed by atoms with Gasteiger partial charge in [-0.25, -0.2) is 0 Å². The van der Waals surface area contributed by atoms with E-state index in [1.165, 1.54) is 5.56 Å². The lowest BCUT2D eigenvalue weighted by Crippen LogP contribution is -2.43. The molecule has 0 aliphatic heterocycles. The van der Waals surface area contributed by atoms with Crippen LogP contribution in [-0.4, -0.2) is 23.3 Å². The van der Waals surface area contributed by atoms with Crippen LogP contribution in [0.1, 0.15) is 24.0 Å². The van der Waals surface area contributed by atoms with E-state index >= 15 is 0 Å². The molecule has 1 atom stereocenters. The maximum atomic E-state index is 12.1. The van der Waals surface area contributed by atoms with Crippen LogP contribution in [0.25, 0.3) is 0 Å². The number of amides is 1. The molecule has 1 fully saturated rings. The summed E-state index contributed by atoms with van der Waals surface area (Å²) < 4.78 is 0. The van der Waals surface area contributed by atoms with Crippen LogP contribution in [0.5, 0.6) is 0 Å². The lowest BCUT2D eigenvalue weighted by Gasteiger charge is -2.29. The van der Waals surface area contributed by atoms with Crippen LogP contribution in [0.4, 0.5) is 0 Å². The lowest BCUT2D eigenvalue weighted by atomic mass is 9.88. The second kappa shape index (κ2) is 7.86. The molecule has 2 aromatic carbocycles. The molecule has 3 rings (SSSR count). The van der Waals surface area contributed by atoms with Gasteiger partial charge in [0.2, 0.25) is 5.91 Å². The number of hydrogen-bond acceptors (Lipinski definition) is 3. The second-order valence-corrected chi connectivity index (χ2v) is 7.31. The van der Waals surface area contributed by atoms with Gasteiger partial charge in [0.05, 0.1) is 12.3 Å². The molecular formula is C20H23NO2S. The summed E-state index contributed by atoms with van der Waals surface area (Å²) in [7, 11) is 0. The van der Waals surface area contributed by atoms with Crippen molar-refractivity contribution in [3.05, 3.63) is 71.8 Å². The summed E-state index contributed by atoms with van der Waals surface area (Å²) in [4.78, 5) is 12.1. The first-order chi connectivity index (χ1) is 11.7. The van der Waals surface area contributed by atoms with Gasteiger partial charge in [-0.05, 0) is 29.9 Å². The summed E-state index contributed by atoms with van der Waals surface area (Å²) in [5.41, 5.74) is 1.17. The normalized spacial score (nSPS) is 16.4. The topological polar surface area (TPSA) is 49.3 Å². The van der Waals surface area contributed by atoms with Crippen molar-refractivity contribution >= 4 is 17.7 Å². The third-order valence-corrected chi connectivity index (χ3v) is 5.43. The quantitative estimate of drug-likeness (QED) is 0.774. The summed E-state index contributed by atoms with van der Waals surface area (Å²) in [6.45, 7) is 0.284. The van der Waals surface area contributed by atoms with Gasteiger partial charge in [-0.15, -0.1) is 11.8 Å². The zero-order valence-corrected chi connectivity index (χ0v) is 14.5. The van der Waals surface area contributed by atoms with E-state index in [1.807, 2.05) is 48.5 Å². The Balaban J connectivity index is 1.49. The molecule has 0 saturated heterocycles. The summed E-state index contributed by atoms with van der Waals surface area (Å²) in [5.74, 6) is 1.45. The molecule has 1 saturated carbocycles. The van der Waals surface area contributed by atoms with Crippen LogP contribution >= 0.6 is 11.8 Å². The molecule has 4 heteroatoms. The minimum atomic E-state index is -0.943. The number of carbonyl (C=O) groups is 1. The van der Waals surface area contributed by atoms with E-state index in [0.717, 1.165) is 24.2 Å². The number of nitrogens with one attached hydrogen (secondary N) is 1. The fourth-order valence-corrected chi connectivity index (χ4v) is 3.71. The van der Waals surface area contributed by atoms with Gasteiger partial charge in [-0.1, -0.05) is 60.7 Å². The van der Waals surface area contributed by atoms with Gasteiger partial charge >= 0.3 is 0 Å². The molecule has 24 heavy (non-hydrogen) atoms. The Kier molecular flexibility index (Phi) is 5.59. The summed E-state index contributed by atoms with van der Waals surface area (Å²) in [6.07, 6.45) is 2.04. The van der Waals surface area contributed by atoms with Crippen molar-refractivity contribution in [2.75, 3.05) is 12.3 Å². The van der Waals surface area contributed by atoms with E-state index in [2.05, 4.69) is 17.4 Å². The molecule has 0 bridgehead atoms. The summed E-state index contributed by atoms with van der Waals surface area (Å²) in [6, 6.07) is 19.8. The van der Waals surface area contributed by atoms with E-state index < -0.39 is 5.60 Å². The van der Waals surface area contributed by atoms with Crippen LogP contribution in [0, 0.1) is 5.92 Å². The zero-order valence-electron chi connectivity index (χ0n) is 13.7. The van der Waals surface area contributed by atoms with Crippen molar-refractivity contribution < 1.29 is 9.90 Å². The van der Waals surface area contributed by atoms with Crippen molar-refractivity contribution in [1.82, 2.24) is 5.32 Å². The third kappa shape index (κ3) is 4.40. The molecule has 2 aromatic rings. The van der Waals surface area contributed by atoms with Crippen molar-refractivity contribution in [2.45, 2.75) is 24.2 Å². The molecule has 0 spiro atoms. The van der Waals surface area contributed by atoms with Crippen molar-refractivity contribution in [1.29, 1.82) is 0 Å². The maximum Gasteiger partial charge on any atom is 0.230 e. The van der Waals surface area contributed by atoms with E-state index in [1.54, 1.807) is 11.8 Å². The fourth-order valence-electron chi connectivity index (χ4n) is 2.89. The Morgan fingerprint density at radius 1 is 1.08 bits per heavy atom. The Bertz CT molecular complexity index is 658. The number of carbonyl (C=O) groups excluding carboxylic acids is 1. The maximum absolute atomic E-state index is 12.1. The van der Waals surface area contributed by atoms with Crippen LogP contribution in [0.2, 0.25) is 0 Å². The highest BCUT2D eigenvalue weighted by Crippen LogP contribution is 2.45. The van der Waals surface area contributed by atoms with Crippen LogP contribution in [-0.2, 0) is 16.1 Å². The average Bonchev–Trinajstić information content (AvgIpc) is 3.47. The first-order valence-corrected chi connectivity index (χ1v) is 9.50. The highest BCUT2D eigenvalue weighted by atomic mass is 32.2. The Labute approximate surface area is 147 Å². The van der Waals surface area contributed by atoms with Crippen molar-refractivity contribution in [3.8, 4) is 0 Å². The summed E-state index contributed by atoms with van der Waals surface area (Å²) in [5, 5.41) is 14.0. The zero-order chi connectivity index (χ0) is 16.8. The lowest BCUT2D eigenvalue weighted by molar-refractivity contribution is -0.120. The standard InChI is InChI=1S/C20H23NO2S/c22-19(14-24-13-16-7-3-1-4-8-16)21-15-20(23,18-11-12-18)17-9-5-2-6-10-17/h1-10,18,23H,11-15H2,(H,21,22). The SMILES string of the molecule is O=C(CSCc1ccccc1)NCC(O)(c1ccccc1)C1CC1. The molecular weight excluding hydrogens is 318 g/mol. The highest BCUT2D eigenvalue weighted by Gasteiger charge is 2.45. The number of rotatable bonds is 8. The highest BCUT2D eigenvalue weighted by molar-refractivity contribution is 7.99. The molecule has 1 amide bonds. The Morgan fingerprint density at radius 2 is 1.71 bits per heavy atom. The van der Waals surface area contributed by atoms with E-state index in [4.69, 9.17) is 0 Å². The van der Waals surface area contributed by atoms with Gasteiger partial charge in [0.15, 0.2) is 0 Å². The third-order valence-electron chi connectivity index (χ3n) is 4.43. The van der Waals surface area contributed by atoms with Gasteiger partial charge in [0.25, 0.3) is 0 Å². The Hall–Kier alpha value is -1.78. The molecule has 2 N–H and O–H groups in total. The van der Waals surface area contributed by atoms with Crippen LogP contribution in [0.3, 0.4) is 0 Å².